The predicted molar refractivity (Wildman–Crippen MR) is 124 cm³/mol. The summed E-state index contributed by atoms with van der Waals surface area (Å²) in [6, 6.07) is 8.16. The van der Waals surface area contributed by atoms with E-state index in [0.29, 0.717) is 53.9 Å². The molecule has 1 aliphatic heterocycles. The summed E-state index contributed by atoms with van der Waals surface area (Å²) in [6.07, 6.45) is 3.45. The molecule has 2 aromatic carbocycles. The fraction of sp³-hybridized carbons (Fsp3) is 0.333. The Bertz CT molecular complexity index is 1290. The fourth-order valence-corrected chi connectivity index (χ4v) is 4.80. The summed E-state index contributed by atoms with van der Waals surface area (Å²) in [7, 11) is 1.54. The third-order valence-electron chi connectivity index (χ3n) is 6.44. The number of benzene rings is 2. The molecule has 0 unspecified atom stereocenters. The predicted octanol–water partition coefficient (Wildman–Crippen LogP) is 4.32. The molecule has 0 bridgehead atoms. The van der Waals surface area contributed by atoms with E-state index in [1.165, 1.54) is 19.5 Å². The first-order valence-corrected chi connectivity index (χ1v) is 11.3. The number of carbonyl (C=O) groups excluding carboxylic acids is 2. The average molecular weight is 485 g/mol. The molecule has 176 valence electrons. The highest BCUT2D eigenvalue weighted by atomic mass is 35.5. The minimum absolute atomic E-state index is 0.000979. The summed E-state index contributed by atoms with van der Waals surface area (Å²) >= 11 is 5.91. The van der Waals surface area contributed by atoms with Gasteiger partial charge in [-0.05, 0) is 43.9 Å². The number of Topliss-reactive ketones (excluding diaryl/α,β-unsaturated/α-hetero) is 1. The van der Waals surface area contributed by atoms with Gasteiger partial charge in [0, 0.05) is 11.5 Å². The van der Waals surface area contributed by atoms with Crippen LogP contribution in [-0.2, 0) is 9.59 Å². The molecule has 1 spiro atoms. The number of nitrogens with one attached hydrogen (secondary N) is 2. The number of hydrogen-bond donors (Lipinski definition) is 2. The minimum Gasteiger partial charge on any atom is -0.493 e. The Hall–Kier alpha value is -3.46. The molecule has 0 atom stereocenters. The van der Waals surface area contributed by atoms with Crippen molar-refractivity contribution in [2.45, 2.75) is 43.7 Å². The molecule has 1 amide bonds. The van der Waals surface area contributed by atoms with Crippen molar-refractivity contribution in [3.8, 4) is 11.5 Å². The molecule has 0 radical (unpaired) electrons. The number of aromatic nitrogens is 2. The molecule has 2 heterocycles. The highest BCUT2D eigenvalue weighted by Gasteiger charge is 2.48. The number of methoxy groups -OCH3 is 1. The van der Waals surface area contributed by atoms with E-state index in [1.807, 2.05) is 0 Å². The molecule has 5 rings (SSSR count). The number of fused-ring (bicyclic) bond motifs is 1. The van der Waals surface area contributed by atoms with E-state index in [0.717, 1.165) is 0 Å². The molecule has 2 aliphatic rings. The first-order valence-electron chi connectivity index (χ1n) is 10.9. The zero-order valence-corrected chi connectivity index (χ0v) is 19.1. The largest absolute Gasteiger partial charge is 0.493 e. The number of anilines is 2. The number of amides is 1. The van der Waals surface area contributed by atoms with E-state index < -0.39 is 11.4 Å². The molecule has 1 saturated heterocycles. The third-order valence-corrected chi connectivity index (χ3v) is 6.73. The quantitative estimate of drug-likeness (QED) is 0.520. The van der Waals surface area contributed by atoms with Gasteiger partial charge in [0.1, 0.15) is 12.1 Å². The Labute approximate surface area is 199 Å². The number of carbonyl (C=O) groups is 2. The SMILES string of the molecule is COc1cc2ncnc(Nc3cccc(Cl)c3F)c2cc1O[C@H]1CC[C@]2(CC1)NC(=O)CC2=O. The van der Waals surface area contributed by atoms with Crippen molar-refractivity contribution >= 4 is 45.7 Å². The molecule has 1 saturated carbocycles. The molecular weight excluding hydrogens is 463 g/mol. The highest BCUT2D eigenvalue weighted by molar-refractivity contribution is 6.31. The fourth-order valence-electron chi connectivity index (χ4n) is 4.62. The first-order chi connectivity index (χ1) is 16.4. The summed E-state index contributed by atoms with van der Waals surface area (Å²) in [4.78, 5) is 32.6. The van der Waals surface area contributed by atoms with Gasteiger partial charge < -0.3 is 20.1 Å². The van der Waals surface area contributed by atoms with Crippen LogP contribution in [0.4, 0.5) is 15.9 Å². The number of hydrogen-bond acceptors (Lipinski definition) is 7. The van der Waals surface area contributed by atoms with Crippen LogP contribution in [0.2, 0.25) is 5.02 Å². The Kier molecular flexibility index (Phi) is 5.73. The third kappa shape index (κ3) is 4.00. The van der Waals surface area contributed by atoms with Gasteiger partial charge in [0.15, 0.2) is 23.1 Å². The monoisotopic (exact) mass is 484 g/mol. The first kappa shape index (κ1) is 22.3. The second-order valence-electron chi connectivity index (χ2n) is 8.52. The number of ketones is 1. The van der Waals surface area contributed by atoms with Gasteiger partial charge in [0.25, 0.3) is 0 Å². The smallest absolute Gasteiger partial charge is 0.228 e. The van der Waals surface area contributed by atoms with E-state index in [4.69, 9.17) is 21.1 Å². The van der Waals surface area contributed by atoms with Crippen molar-refractivity contribution < 1.29 is 23.5 Å². The maximum atomic E-state index is 14.4. The zero-order valence-electron chi connectivity index (χ0n) is 18.4. The number of ether oxygens (including phenoxy) is 2. The summed E-state index contributed by atoms with van der Waals surface area (Å²) < 4.78 is 26.2. The van der Waals surface area contributed by atoms with Crippen molar-refractivity contribution in [3.63, 3.8) is 0 Å². The van der Waals surface area contributed by atoms with E-state index in [2.05, 4.69) is 20.6 Å². The van der Waals surface area contributed by atoms with Crippen LogP contribution in [0.15, 0.2) is 36.7 Å². The van der Waals surface area contributed by atoms with Crippen LogP contribution in [0.25, 0.3) is 10.9 Å². The highest BCUT2D eigenvalue weighted by Crippen LogP contribution is 2.39. The molecule has 10 heteroatoms. The van der Waals surface area contributed by atoms with Crippen LogP contribution < -0.4 is 20.1 Å². The maximum absolute atomic E-state index is 14.4. The summed E-state index contributed by atoms with van der Waals surface area (Å²) in [6.45, 7) is 0. The normalized spacial score (nSPS) is 22.1. The van der Waals surface area contributed by atoms with E-state index >= 15 is 0 Å². The van der Waals surface area contributed by atoms with Crippen molar-refractivity contribution in [2.75, 3.05) is 12.4 Å². The average Bonchev–Trinajstić information content (AvgIpc) is 3.10. The Morgan fingerprint density at radius 2 is 1.97 bits per heavy atom. The lowest BCUT2D eigenvalue weighted by atomic mass is 9.78. The lowest BCUT2D eigenvalue weighted by Gasteiger charge is -2.35. The molecular formula is C24H22ClFN4O4. The molecule has 1 aromatic heterocycles. The number of rotatable bonds is 5. The lowest BCUT2D eigenvalue weighted by Crippen LogP contribution is -2.50. The summed E-state index contributed by atoms with van der Waals surface area (Å²) in [5, 5.41) is 6.45. The van der Waals surface area contributed by atoms with Gasteiger partial charge in [-0.3, -0.25) is 9.59 Å². The van der Waals surface area contributed by atoms with E-state index in [1.54, 1.807) is 24.3 Å². The van der Waals surface area contributed by atoms with Gasteiger partial charge >= 0.3 is 0 Å². The van der Waals surface area contributed by atoms with Crippen LogP contribution in [0, 0.1) is 5.82 Å². The van der Waals surface area contributed by atoms with Crippen LogP contribution in [0.1, 0.15) is 32.1 Å². The van der Waals surface area contributed by atoms with Crippen molar-refractivity contribution in [1.29, 1.82) is 0 Å². The molecule has 8 nitrogen and oxygen atoms in total. The minimum atomic E-state index is -0.754. The number of nitrogens with zero attached hydrogens (tertiary/aromatic N) is 2. The molecule has 2 fully saturated rings. The van der Waals surface area contributed by atoms with Crippen LogP contribution >= 0.6 is 11.6 Å². The van der Waals surface area contributed by atoms with Gasteiger partial charge in [-0.1, -0.05) is 17.7 Å². The second-order valence-corrected chi connectivity index (χ2v) is 8.92. The van der Waals surface area contributed by atoms with Crippen LogP contribution in [-0.4, -0.2) is 40.4 Å². The second kappa shape index (κ2) is 8.72. The van der Waals surface area contributed by atoms with Gasteiger partial charge in [-0.25, -0.2) is 14.4 Å². The maximum Gasteiger partial charge on any atom is 0.228 e. The Balaban J connectivity index is 1.41. The van der Waals surface area contributed by atoms with Crippen molar-refractivity contribution in [3.05, 3.63) is 47.5 Å². The molecule has 34 heavy (non-hydrogen) atoms. The standard InChI is InChI=1S/C24H22ClFN4O4/c1-33-18-10-17-14(23(28-12-27-17)29-16-4-2-3-15(25)22(16)26)9-19(18)34-13-5-7-24(8-6-13)20(31)11-21(32)30-24/h2-4,9-10,12-13H,5-8,11H2,1H3,(H,30,32)(H,27,28,29)/t13-,24+. The van der Waals surface area contributed by atoms with E-state index in [9.17, 15) is 14.0 Å². The van der Waals surface area contributed by atoms with Gasteiger partial charge in [0.05, 0.1) is 41.4 Å². The topological polar surface area (TPSA) is 102 Å². The molecule has 3 aromatic rings. The lowest BCUT2D eigenvalue weighted by molar-refractivity contribution is -0.124. The van der Waals surface area contributed by atoms with Gasteiger partial charge in [-0.15, -0.1) is 0 Å². The van der Waals surface area contributed by atoms with Gasteiger partial charge in [0.2, 0.25) is 5.91 Å². The summed E-state index contributed by atoms with van der Waals surface area (Å²) in [5.74, 6) is 0.544. The van der Waals surface area contributed by atoms with Gasteiger partial charge in [-0.2, -0.15) is 0 Å². The number of halogens is 2. The zero-order chi connectivity index (χ0) is 23.9. The van der Waals surface area contributed by atoms with Crippen LogP contribution in [0.3, 0.4) is 0 Å². The summed E-state index contributed by atoms with van der Waals surface area (Å²) in [5.41, 5.74) is 0.0220. The molecule has 2 N–H and O–H groups in total. The Morgan fingerprint density at radius 1 is 1.18 bits per heavy atom. The van der Waals surface area contributed by atoms with Crippen molar-refractivity contribution in [2.24, 2.45) is 0 Å². The van der Waals surface area contributed by atoms with Crippen LogP contribution in [0.5, 0.6) is 11.5 Å². The van der Waals surface area contributed by atoms with E-state index in [-0.39, 0.29) is 34.9 Å². The Morgan fingerprint density at radius 3 is 2.68 bits per heavy atom. The van der Waals surface area contributed by atoms with Crippen molar-refractivity contribution in [1.82, 2.24) is 15.3 Å². The molecule has 1 aliphatic carbocycles.